The van der Waals surface area contributed by atoms with Crippen LogP contribution in [0.5, 0.6) is 0 Å². The summed E-state index contributed by atoms with van der Waals surface area (Å²) in [4.78, 5) is 0. The molecule has 8 heavy (non-hydrogen) atoms. The highest BCUT2D eigenvalue weighted by Crippen LogP contribution is 2.56. The van der Waals surface area contributed by atoms with Gasteiger partial charge in [0.1, 0.15) is 0 Å². The highest BCUT2D eigenvalue weighted by Gasteiger charge is 2.51. The first kappa shape index (κ1) is 4.44. The summed E-state index contributed by atoms with van der Waals surface area (Å²) >= 11 is 0. The molecule has 0 amide bonds. The van der Waals surface area contributed by atoms with E-state index in [1.807, 2.05) is 0 Å². The van der Waals surface area contributed by atoms with Crippen LogP contribution < -0.4 is 0 Å². The quantitative estimate of drug-likeness (QED) is 0.412. The van der Waals surface area contributed by atoms with Crippen molar-refractivity contribution in [3.63, 3.8) is 0 Å². The maximum absolute atomic E-state index is 5.27. The second-order valence-electron chi connectivity index (χ2n) is 2.95. The molecule has 2 fully saturated rings. The Balaban J connectivity index is 2.06. The molecule has 0 saturated heterocycles. The lowest BCUT2D eigenvalue weighted by Gasteiger charge is -1.89. The molecule has 0 aromatic carbocycles. The summed E-state index contributed by atoms with van der Waals surface area (Å²) in [7, 11) is 0. The first-order valence-corrected chi connectivity index (χ1v) is 3.39. The number of rotatable bonds is 0. The Hall–Kier alpha value is -0.440. The van der Waals surface area contributed by atoms with Crippen LogP contribution in [-0.4, -0.2) is 0 Å². The zero-order valence-corrected chi connectivity index (χ0v) is 4.93. The Kier molecular flexibility index (Phi) is 0.713. The standard InChI is InChI=1S/C8H10/c1-2-6-7-4-3-5-8(6)7/h1,6-8H,3-5H2/t6?,7-,8+. The third kappa shape index (κ3) is 0.375. The fraction of sp³-hybridized carbons (Fsp3) is 0.750. The Bertz CT molecular complexity index is 131. The van der Waals surface area contributed by atoms with Gasteiger partial charge >= 0.3 is 0 Å². The van der Waals surface area contributed by atoms with Crippen LogP contribution in [0.25, 0.3) is 0 Å². The van der Waals surface area contributed by atoms with Crippen LogP contribution in [0.4, 0.5) is 0 Å². The first-order valence-electron chi connectivity index (χ1n) is 3.39. The molecule has 0 spiro atoms. The summed E-state index contributed by atoms with van der Waals surface area (Å²) < 4.78 is 0. The zero-order chi connectivity index (χ0) is 5.56. The van der Waals surface area contributed by atoms with Crippen LogP contribution in [0.2, 0.25) is 0 Å². The molecule has 0 aromatic heterocycles. The average Bonchev–Trinajstić information content (AvgIpc) is 2.22. The summed E-state index contributed by atoms with van der Waals surface area (Å²) in [5.41, 5.74) is 0. The molecular weight excluding hydrogens is 96.1 g/mol. The minimum absolute atomic E-state index is 0.698. The second kappa shape index (κ2) is 1.29. The summed E-state index contributed by atoms with van der Waals surface area (Å²) in [5, 5.41) is 0. The van der Waals surface area contributed by atoms with E-state index in [0.29, 0.717) is 5.92 Å². The summed E-state index contributed by atoms with van der Waals surface area (Å²) in [6.07, 6.45) is 9.54. The van der Waals surface area contributed by atoms with Crippen LogP contribution in [0.3, 0.4) is 0 Å². The fourth-order valence-electron chi connectivity index (χ4n) is 2.07. The smallest absolute Gasteiger partial charge is 0.0262 e. The second-order valence-corrected chi connectivity index (χ2v) is 2.95. The van der Waals surface area contributed by atoms with Crippen LogP contribution in [-0.2, 0) is 0 Å². The van der Waals surface area contributed by atoms with Gasteiger partial charge in [-0.05, 0) is 24.7 Å². The van der Waals surface area contributed by atoms with Crippen LogP contribution in [0.1, 0.15) is 19.3 Å². The lowest BCUT2D eigenvalue weighted by Crippen LogP contribution is -1.80. The Labute approximate surface area is 50.3 Å². The molecule has 0 heteroatoms. The lowest BCUT2D eigenvalue weighted by atomic mass is 10.2. The molecule has 0 nitrogen and oxygen atoms in total. The summed E-state index contributed by atoms with van der Waals surface area (Å²) in [6.45, 7) is 0. The van der Waals surface area contributed by atoms with Crippen molar-refractivity contribution < 1.29 is 0 Å². The largest absolute Gasteiger partial charge is 0.120 e. The third-order valence-electron chi connectivity index (χ3n) is 2.60. The van der Waals surface area contributed by atoms with Gasteiger partial charge in [-0.3, -0.25) is 0 Å². The van der Waals surface area contributed by atoms with Crippen molar-refractivity contribution in [2.45, 2.75) is 19.3 Å². The van der Waals surface area contributed by atoms with Gasteiger partial charge in [-0.1, -0.05) is 6.42 Å². The normalized spacial score (nSPS) is 50.1. The molecule has 0 aliphatic heterocycles. The molecule has 0 bridgehead atoms. The van der Waals surface area contributed by atoms with E-state index in [2.05, 4.69) is 5.92 Å². The maximum atomic E-state index is 5.27. The molecule has 2 rings (SSSR count). The third-order valence-corrected chi connectivity index (χ3v) is 2.60. The molecule has 3 atom stereocenters. The van der Waals surface area contributed by atoms with Gasteiger partial charge in [0.15, 0.2) is 0 Å². The van der Waals surface area contributed by atoms with Crippen LogP contribution >= 0.6 is 0 Å². The molecule has 2 aliphatic carbocycles. The fourth-order valence-corrected chi connectivity index (χ4v) is 2.07. The van der Waals surface area contributed by atoms with Gasteiger partial charge in [0.05, 0.1) is 0 Å². The van der Waals surface area contributed by atoms with Crippen molar-refractivity contribution in [1.82, 2.24) is 0 Å². The van der Waals surface area contributed by atoms with Gasteiger partial charge in [-0.15, -0.1) is 12.3 Å². The Morgan fingerprint density at radius 1 is 1.25 bits per heavy atom. The van der Waals surface area contributed by atoms with E-state index in [9.17, 15) is 0 Å². The van der Waals surface area contributed by atoms with E-state index in [1.54, 1.807) is 0 Å². The Morgan fingerprint density at radius 2 is 1.88 bits per heavy atom. The van der Waals surface area contributed by atoms with Crippen molar-refractivity contribution in [2.75, 3.05) is 0 Å². The highest BCUT2D eigenvalue weighted by molar-refractivity contribution is 5.15. The number of hydrogen-bond donors (Lipinski definition) is 0. The summed E-state index contributed by atoms with van der Waals surface area (Å²) in [5.74, 6) is 5.46. The van der Waals surface area contributed by atoms with Crippen molar-refractivity contribution in [2.24, 2.45) is 17.8 Å². The van der Waals surface area contributed by atoms with E-state index in [-0.39, 0.29) is 0 Å². The highest BCUT2D eigenvalue weighted by atomic mass is 14.5. The van der Waals surface area contributed by atoms with E-state index in [4.69, 9.17) is 6.42 Å². The topological polar surface area (TPSA) is 0 Å². The molecule has 2 saturated carbocycles. The van der Waals surface area contributed by atoms with Gasteiger partial charge in [0.25, 0.3) is 0 Å². The number of fused-ring (bicyclic) bond motifs is 1. The molecular formula is C8H10. The van der Waals surface area contributed by atoms with E-state index < -0.39 is 0 Å². The van der Waals surface area contributed by atoms with Gasteiger partial charge < -0.3 is 0 Å². The monoisotopic (exact) mass is 106 g/mol. The van der Waals surface area contributed by atoms with Gasteiger partial charge in [-0.2, -0.15) is 0 Å². The average molecular weight is 106 g/mol. The molecule has 0 radical (unpaired) electrons. The SMILES string of the molecule is C#CC1[C@H]2CCC[C@@H]12. The number of terminal acetylenes is 1. The van der Waals surface area contributed by atoms with E-state index in [0.717, 1.165) is 11.8 Å². The predicted molar refractivity (Wildman–Crippen MR) is 33.2 cm³/mol. The van der Waals surface area contributed by atoms with Gasteiger partial charge in [0, 0.05) is 5.92 Å². The summed E-state index contributed by atoms with van der Waals surface area (Å²) in [6, 6.07) is 0. The molecule has 0 aromatic rings. The van der Waals surface area contributed by atoms with Crippen molar-refractivity contribution in [3.05, 3.63) is 0 Å². The minimum atomic E-state index is 0.698. The Morgan fingerprint density at radius 3 is 2.25 bits per heavy atom. The minimum Gasteiger partial charge on any atom is -0.120 e. The molecule has 1 unspecified atom stereocenters. The predicted octanol–water partition coefficient (Wildman–Crippen LogP) is 1.67. The van der Waals surface area contributed by atoms with Gasteiger partial charge in [0.2, 0.25) is 0 Å². The maximum Gasteiger partial charge on any atom is 0.0262 e. The van der Waals surface area contributed by atoms with Crippen molar-refractivity contribution in [1.29, 1.82) is 0 Å². The first-order chi connectivity index (χ1) is 3.93. The van der Waals surface area contributed by atoms with E-state index in [1.165, 1.54) is 19.3 Å². The van der Waals surface area contributed by atoms with Crippen LogP contribution in [0, 0.1) is 30.1 Å². The zero-order valence-electron chi connectivity index (χ0n) is 4.93. The van der Waals surface area contributed by atoms with Crippen LogP contribution in [0.15, 0.2) is 0 Å². The molecule has 42 valence electrons. The molecule has 2 aliphatic rings. The van der Waals surface area contributed by atoms with Crippen molar-refractivity contribution >= 4 is 0 Å². The van der Waals surface area contributed by atoms with Gasteiger partial charge in [-0.25, -0.2) is 0 Å². The molecule has 0 heterocycles. The lowest BCUT2D eigenvalue weighted by molar-refractivity contribution is 0.676. The van der Waals surface area contributed by atoms with Crippen molar-refractivity contribution in [3.8, 4) is 12.3 Å². The number of hydrogen-bond acceptors (Lipinski definition) is 0. The van der Waals surface area contributed by atoms with E-state index >= 15 is 0 Å². The molecule has 0 N–H and O–H groups in total.